The molecule has 0 spiro atoms. The summed E-state index contributed by atoms with van der Waals surface area (Å²) < 4.78 is 1.17. The molecule has 3 rings (SSSR count). The molecule has 1 heterocycles. The van der Waals surface area contributed by atoms with Gasteiger partial charge in [0.05, 0.1) is 10.2 Å². The van der Waals surface area contributed by atoms with Gasteiger partial charge in [-0.05, 0) is 18.2 Å². The summed E-state index contributed by atoms with van der Waals surface area (Å²) in [6.45, 7) is 0. The molecule has 0 unspecified atom stereocenters. The molecule has 2 aromatic carbocycles. The molecule has 16 heavy (non-hydrogen) atoms. The number of benzene rings is 2. The van der Waals surface area contributed by atoms with Crippen molar-refractivity contribution >= 4 is 33.2 Å². The minimum absolute atomic E-state index is 0.734. The molecule has 3 aromatic rings. The third kappa shape index (κ3) is 1.70. The van der Waals surface area contributed by atoms with E-state index in [1.807, 2.05) is 36.4 Å². The van der Waals surface area contributed by atoms with Crippen LogP contribution in [-0.2, 0) is 0 Å². The summed E-state index contributed by atoms with van der Waals surface area (Å²) in [4.78, 5) is 4.58. The number of hydrogen-bond donors (Lipinski definition) is 0. The van der Waals surface area contributed by atoms with E-state index in [2.05, 4.69) is 17.1 Å². The fourth-order valence-corrected chi connectivity index (χ4v) is 2.72. The van der Waals surface area contributed by atoms with E-state index >= 15 is 0 Å². The summed E-state index contributed by atoms with van der Waals surface area (Å²) in [5.74, 6) is 0. The quantitative estimate of drug-likeness (QED) is 0.610. The van der Waals surface area contributed by atoms with Crippen LogP contribution in [0, 0.1) is 0 Å². The van der Waals surface area contributed by atoms with Gasteiger partial charge in [0.25, 0.3) is 0 Å². The lowest BCUT2D eigenvalue weighted by atomic mass is 10.2. The van der Waals surface area contributed by atoms with Gasteiger partial charge in [0, 0.05) is 10.6 Å². The van der Waals surface area contributed by atoms with Gasteiger partial charge in [0.15, 0.2) is 0 Å². The van der Waals surface area contributed by atoms with Gasteiger partial charge in [0.2, 0.25) is 0 Å². The van der Waals surface area contributed by atoms with Crippen LogP contribution in [0.3, 0.4) is 0 Å². The van der Waals surface area contributed by atoms with E-state index in [1.54, 1.807) is 11.3 Å². The Bertz CT molecular complexity index is 631. The molecule has 0 bridgehead atoms. The number of halogens is 1. The third-order valence-corrected chi connectivity index (χ3v) is 3.69. The smallest absolute Gasteiger partial charge is 0.124 e. The van der Waals surface area contributed by atoms with Gasteiger partial charge >= 0.3 is 0 Å². The highest BCUT2D eigenvalue weighted by atomic mass is 35.5. The Morgan fingerprint density at radius 3 is 2.62 bits per heavy atom. The first-order valence-corrected chi connectivity index (χ1v) is 6.14. The Morgan fingerprint density at radius 2 is 1.81 bits per heavy atom. The summed E-state index contributed by atoms with van der Waals surface area (Å²) >= 11 is 7.63. The normalized spacial score (nSPS) is 10.8. The maximum absolute atomic E-state index is 5.94. The lowest BCUT2D eigenvalue weighted by Gasteiger charge is -1.92. The first-order chi connectivity index (χ1) is 7.83. The Labute approximate surface area is 102 Å². The molecule has 0 N–H and O–H groups in total. The number of rotatable bonds is 1. The summed E-state index contributed by atoms with van der Waals surface area (Å²) in [5, 5.41) is 1.77. The van der Waals surface area contributed by atoms with Gasteiger partial charge < -0.3 is 0 Å². The van der Waals surface area contributed by atoms with Gasteiger partial charge in [-0.3, -0.25) is 0 Å². The van der Waals surface area contributed by atoms with Crippen molar-refractivity contribution in [3.8, 4) is 10.6 Å². The molecule has 0 aliphatic heterocycles. The fraction of sp³-hybridized carbons (Fsp3) is 0. The molecule has 0 amide bonds. The number of hydrogen-bond acceptors (Lipinski definition) is 2. The minimum atomic E-state index is 0.734. The van der Waals surface area contributed by atoms with E-state index in [-0.39, 0.29) is 0 Å². The largest absolute Gasteiger partial charge is 0.236 e. The van der Waals surface area contributed by atoms with Crippen molar-refractivity contribution < 1.29 is 0 Å². The van der Waals surface area contributed by atoms with E-state index in [0.29, 0.717) is 0 Å². The van der Waals surface area contributed by atoms with Gasteiger partial charge in [-0.2, -0.15) is 0 Å². The van der Waals surface area contributed by atoms with Crippen LogP contribution in [0.25, 0.3) is 20.8 Å². The first-order valence-electron chi connectivity index (χ1n) is 4.94. The lowest BCUT2D eigenvalue weighted by molar-refractivity contribution is 1.48. The van der Waals surface area contributed by atoms with Crippen LogP contribution >= 0.6 is 22.9 Å². The highest BCUT2D eigenvalue weighted by Crippen LogP contribution is 2.31. The van der Waals surface area contributed by atoms with Crippen molar-refractivity contribution in [1.82, 2.24) is 4.98 Å². The second-order valence-corrected chi connectivity index (χ2v) is 4.96. The van der Waals surface area contributed by atoms with Crippen LogP contribution in [0.15, 0.2) is 48.5 Å². The Kier molecular flexibility index (Phi) is 2.39. The highest BCUT2D eigenvalue weighted by molar-refractivity contribution is 7.21. The van der Waals surface area contributed by atoms with E-state index in [0.717, 1.165) is 21.1 Å². The topological polar surface area (TPSA) is 12.9 Å². The molecule has 0 aliphatic carbocycles. The van der Waals surface area contributed by atoms with Crippen molar-refractivity contribution in [1.29, 1.82) is 0 Å². The number of aromatic nitrogens is 1. The van der Waals surface area contributed by atoms with E-state index in [1.165, 1.54) is 4.70 Å². The van der Waals surface area contributed by atoms with Gasteiger partial charge in [-0.15, -0.1) is 11.3 Å². The SMILES string of the molecule is Clc1ccc2sc(-c3ccccc3)nc2c1. The molecular weight excluding hydrogens is 238 g/mol. The van der Waals surface area contributed by atoms with Crippen LogP contribution in [0.2, 0.25) is 5.02 Å². The monoisotopic (exact) mass is 245 g/mol. The average Bonchev–Trinajstić information content (AvgIpc) is 2.73. The van der Waals surface area contributed by atoms with Crippen molar-refractivity contribution in [2.75, 3.05) is 0 Å². The molecule has 0 saturated carbocycles. The highest BCUT2D eigenvalue weighted by Gasteiger charge is 2.05. The van der Waals surface area contributed by atoms with Crippen molar-refractivity contribution in [2.45, 2.75) is 0 Å². The first kappa shape index (κ1) is 9.82. The van der Waals surface area contributed by atoms with Crippen LogP contribution in [0.1, 0.15) is 0 Å². The summed E-state index contributed by atoms with van der Waals surface area (Å²) in [6.07, 6.45) is 0. The number of fused-ring (bicyclic) bond motifs is 1. The van der Waals surface area contributed by atoms with E-state index in [9.17, 15) is 0 Å². The van der Waals surface area contributed by atoms with Gasteiger partial charge in [-0.1, -0.05) is 41.9 Å². The molecule has 0 aliphatic rings. The molecule has 0 saturated heterocycles. The molecule has 1 aromatic heterocycles. The summed E-state index contributed by atoms with van der Waals surface area (Å²) in [7, 11) is 0. The van der Waals surface area contributed by atoms with Crippen molar-refractivity contribution in [2.24, 2.45) is 0 Å². The Morgan fingerprint density at radius 1 is 1.00 bits per heavy atom. The second kappa shape index (κ2) is 3.89. The second-order valence-electron chi connectivity index (χ2n) is 3.50. The molecular formula is C13H8ClNS. The summed E-state index contributed by atoms with van der Waals surface area (Å²) in [6, 6.07) is 16.0. The predicted octanol–water partition coefficient (Wildman–Crippen LogP) is 4.62. The fourth-order valence-electron chi connectivity index (χ4n) is 1.60. The maximum atomic E-state index is 5.94. The molecule has 3 heteroatoms. The van der Waals surface area contributed by atoms with Crippen molar-refractivity contribution in [3.05, 3.63) is 53.6 Å². The third-order valence-electron chi connectivity index (χ3n) is 2.37. The maximum Gasteiger partial charge on any atom is 0.124 e. The molecule has 0 radical (unpaired) electrons. The van der Waals surface area contributed by atoms with Crippen LogP contribution in [-0.4, -0.2) is 4.98 Å². The van der Waals surface area contributed by atoms with Gasteiger partial charge in [-0.25, -0.2) is 4.98 Å². The van der Waals surface area contributed by atoms with Crippen LogP contribution < -0.4 is 0 Å². The van der Waals surface area contributed by atoms with Crippen LogP contribution in [0.4, 0.5) is 0 Å². The zero-order valence-corrected chi connectivity index (χ0v) is 9.92. The number of thiazole rings is 1. The predicted molar refractivity (Wildman–Crippen MR) is 70.1 cm³/mol. The molecule has 1 nitrogen and oxygen atoms in total. The van der Waals surface area contributed by atoms with E-state index in [4.69, 9.17) is 11.6 Å². The van der Waals surface area contributed by atoms with Crippen molar-refractivity contribution in [3.63, 3.8) is 0 Å². The zero-order chi connectivity index (χ0) is 11.0. The van der Waals surface area contributed by atoms with Gasteiger partial charge in [0.1, 0.15) is 5.01 Å². The standard InChI is InChI=1S/C13H8ClNS/c14-10-6-7-12-11(8-10)15-13(16-12)9-4-2-1-3-5-9/h1-8H. The molecule has 0 atom stereocenters. The zero-order valence-electron chi connectivity index (χ0n) is 8.35. The Hall–Kier alpha value is -1.38. The summed E-state index contributed by atoms with van der Waals surface area (Å²) in [5.41, 5.74) is 2.12. The van der Waals surface area contributed by atoms with Crippen LogP contribution in [0.5, 0.6) is 0 Å². The molecule has 78 valence electrons. The lowest BCUT2D eigenvalue weighted by Crippen LogP contribution is -1.73. The number of nitrogens with zero attached hydrogens (tertiary/aromatic N) is 1. The van der Waals surface area contributed by atoms with E-state index < -0.39 is 0 Å². The average molecular weight is 246 g/mol. The minimum Gasteiger partial charge on any atom is -0.236 e. The molecule has 0 fully saturated rings. The Balaban J connectivity index is 2.19.